The van der Waals surface area contributed by atoms with Gasteiger partial charge in [-0.15, -0.1) is 0 Å². The van der Waals surface area contributed by atoms with Gasteiger partial charge in [-0.25, -0.2) is 17.5 Å². The highest BCUT2D eigenvalue weighted by Gasteiger charge is 2.43. The number of aliphatic carboxylic acids is 1. The van der Waals surface area contributed by atoms with E-state index < -0.39 is 39.9 Å². The van der Waals surface area contributed by atoms with Gasteiger partial charge in [-0.1, -0.05) is 13.8 Å². The molecule has 0 saturated heterocycles. The van der Waals surface area contributed by atoms with Crippen molar-refractivity contribution in [2.45, 2.75) is 51.1 Å². The molecule has 1 aromatic rings. The molecule has 0 aliphatic carbocycles. The summed E-state index contributed by atoms with van der Waals surface area (Å²) in [7, 11) is -4.03. The van der Waals surface area contributed by atoms with Gasteiger partial charge < -0.3 is 10.4 Å². The topological polar surface area (TPSA) is 121 Å². The standard InChI is InChI=1S/C17H22N2O6S/c1-9(2)7-13(17(22)23)18-15(20)11-5-6-12-14(8-11)26(24,25)19(10(3)4)16(12)21/h5-6,8-10,13H,7H2,1-4H3,(H,18,20)(H,22,23)/t13-/m0/s1. The van der Waals surface area contributed by atoms with E-state index >= 15 is 0 Å². The van der Waals surface area contributed by atoms with Crippen molar-refractivity contribution in [3.63, 3.8) is 0 Å². The highest BCUT2D eigenvalue weighted by Crippen LogP contribution is 2.32. The van der Waals surface area contributed by atoms with Gasteiger partial charge in [0.1, 0.15) is 10.9 Å². The Morgan fingerprint density at radius 1 is 1.19 bits per heavy atom. The normalized spacial score (nSPS) is 16.7. The van der Waals surface area contributed by atoms with Gasteiger partial charge in [0.05, 0.1) is 5.56 Å². The van der Waals surface area contributed by atoms with Crippen LogP contribution in [-0.2, 0) is 14.8 Å². The molecule has 26 heavy (non-hydrogen) atoms. The van der Waals surface area contributed by atoms with E-state index in [-0.39, 0.29) is 28.4 Å². The summed E-state index contributed by atoms with van der Waals surface area (Å²) in [6, 6.07) is 2.08. The van der Waals surface area contributed by atoms with Crippen molar-refractivity contribution < 1.29 is 27.9 Å². The number of amides is 2. The number of hydrogen-bond donors (Lipinski definition) is 2. The van der Waals surface area contributed by atoms with E-state index in [1.165, 1.54) is 12.1 Å². The van der Waals surface area contributed by atoms with Gasteiger partial charge in [0, 0.05) is 11.6 Å². The fourth-order valence-electron chi connectivity index (χ4n) is 2.83. The predicted molar refractivity (Wildman–Crippen MR) is 93.3 cm³/mol. The molecule has 0 saturated carbocycles. The van der Waals surface area contributed by atoms with Crippen LogP contribution in [0, 0.1) is 5.92 Å². The van der Waals surface area contributed by atoms with Crippen LogP contribution in [0.15, 0.2) is 23.1 Å². The lowest BCUT2D eigenvalue weighted by Crippen LogP contribution is -2.41. The molecule has 0 aromatic heterocycles. The minimum Gasteiger partial charge on any atom is -0.480 e. The van der Waals surface area contributed by atoms with Crippen molar-refractivity contribution in [3.05, 3.63) is 29.3 Å². The van der Waals surface area contributed by atoms with Crippen molar-refractivity contribution in [3.8, 4) is 0 Å². The number of carbonyl (C=O) groups is 3. The molecule has 0 bridgehead atoms. The molecule has 1 atom stereocenters. The molecule has 2 rings (SSSR count). The lowest BCUT2D eigenvalue weighted by Gasteiger charge is -2.19. The van der Waals surface area contributed by atoms with Gasteiger partial charge in [-0.2, -0.15) is 0 Å². The molecule has 1 heterocycles. The van der Waals surface area contributed by atoms with E-state index in [1.807, 2.05) is 13.8 Å². The molecule has 0 spiro atoms. The summed E-state index contributed by atoms with van der Waals surface area (Å²) in [6.07, 6.45) is 0.240. The van der Waals surface area contributed by atoms with Crippen molar-refractivity contribution >= 4 is 27.8 Å². The third-order valence-corrected chi connectivity index (χ3v) is 5.99. The van der Waals surface area contributed by atoms with Crippen LogP contribution >= 0.6 is 0 Å². The Balaban J connectivity index is 2.36. The summed E-state index contributed by atoms with van der Waals surface area (Å²) in [5, 5.41) is 11.6. The van der Waals surface area contributed by atoms with Crippen LogP contribution in [-0.4, -0.2) is 47.7 Å². The minimum atomic E-state index is -4.03. The van der Waals surface area contributed by atoms with E-state index in [9.17, 15) is 27.9 Å². The Morgan fingerprint density at radius 2 is 1.81 bits per heavy atom. The number of nitrogens with zero attached hydrogens (tertiary/aromatic N) is 1. The summed E-state index contributed by atoms with van der Waals surface area (Å²) in [6.45, 7) is 6.82. The van der Waals surface area contributed by atoms with E-state index in [0.29, 0.717) is 0 Å². The van der Waals surface area contributed by atoms with Crippen molar-refractivity contribution in [2.75, 3.05) is 0 Å². The molecule has 9 heteroatoms. The largest absolute Gasteiger partial charge is 0.480 e. The second-order valence-corrected chi connectivity index (χ2v) is 8.69. The minimum absolute atomic E-state index is 0.00668. The predicted octanol–water partition coefficient (Wildman–Crippen LogP) is 1.47. The smallest absolute Gasteiger partial charge is 0.326 e. The maximum atomic E-state index is 12.6. The quantitative estimate of drug-likeness (QED) is 0.768. The summed E-state index contributed by atoms with van der Waals surface area (Å²) in [5.74, 6) is -2.45. The Kier molecular flexibility index (Phi) is 5.41. The number of nitrogens with one attached hydrogen (secondary N) is 1. The fraction of sp³-hybridized carbons (Fsp3) is 0.471. The van der Waals surface area contributed by atoms with Crippen molar-refractivity contribution in [2.24, 2.45) is 5.92 Å². The SMILES string of the molecule is CC(C)C[C@H](NC(=O)c1ccc2c(c1)S(=O)(=O)N(C(C)C)C2=O)C(=O)O. The second-order valence-electron chi connectivity index (χ2n) is 6.90. The third kappa shape index (κ3) is 3.57. The zero-order valence-corrected chi connectivity index (χ0v) is 15.8. The third-order valence-electron chi connectivity index (χ3n) is 3.99. The van der Waals surface area contributed by atoms with Gasteiger partial charge in [-0.05, 0) is 44.4 Å². The molecule has 1 aliphatic heterocycles. The number of carboxylic acids is 1. The Labute approximate surface area is 152 Å². The number of sulfonamides is 1. The molecule has 1 aliphatic rings. The van der Waals surface area contributed by atoms with Gasteiger partial charge in [0.15, 0.2) is 0 Å². The summed E-state index contributed by atoms with van der Waals surface area (Å²) in [5.41, 5.74) is -0.00653. The summed E-state index contributed by atoms with van der Waals surface area (Å²) >= 11 is 0. The van der Waals surface area contributed by atoms with Gasteiger partial charge in [0.25, 0.3) is 21.8 Å². The Morgan fingerprint density at radius 3 is 2.31 bits per heavy atom. The first-order valence-corrected chi connectivity index (χ1v) is 9.67. The van der Waals surface area contributed by atoms with Crippen LogP contribution in [0.5, 0.6) is 0 Å². The first-order valence-electron chi connectivity index (χ1n) is 8.23. The van der Waals surface area contributed by atoms with E-state index in [4.69, 9.17) is 0 Å². The van der Waals surface area contributed by atoms with Crippen LogP contribution in [0.25, 0.3) is 0 Å². The molecular formula is C17H22N2O6S. The number of carboxylic acid groups (broad SMARTS) is 1. The molecule has 2 amide bonds. The van der Waals surface area contributed by atoms with Gasteiger partial charge >= 0.3 is 5.97 Å². The molecule has 0 fully saturated rings. The summed E-state index contributed by atoms with van der Waals surface area (Å²) < 4.78 is 25.9. The van der Waals surface area contributed by atoms with Crippen LogP contribution in [0.1, 0.15) is 54.8 Å². The first-order chi connectivity index (χ1) is 12.0. The Hall–Kier alpha value is -2.42. The zero-order chi connectivity index (χ0) is 19.8. The zero-order valence-electron chi connectivity index (χ0n) is 15.0. The molecule has 0 radical (unpaired) electrons. The highest BCUT2D eigenvalue weighted by molar-refractivity contribution is 7.90. The van der Waals surface area contributed by atoms with E-state index in [0.717, 1.165) is 10.4 Å². The van der Waals surface area contributed by atoms with Crippen molar-refractivity contribution in [1.29, 1.82) is 0 Å². The lowest BCUT2D eigenvalue weighted by molar-refractivity contribution is -0.139. The summed E-state index contributed by atoms with van der Waals surface area (Å²) in [4.78, 5) is 35.7. The van der Waals surface area contributed by atoms with Gasteiger partial charge in [0.2, 0.25) is 0 Å². The maximum Gasteiger partial charge on any atom is 0.326 e. The molecule has 0 unspecified atom stereocenters. The second kappa shape index (κ2) is 7.06. The maximum absolute atomic E-state index is 12.6. The molecule has 8 nitrogen and oxygen atoms in total. The van der Waals surface area contributed by atoms with Gasteiger partial charge in [-0.3, -0.25) is 9.59 Å². The molecule has 2 N–H and O–H groups in total. The number of fused-ring (bicyclic) bond motifs is 1. The van der Waals surface area contributed by atoms with Crippen LogP contribution in [0.2, 0.25) is 0 Å². The van der Waals surface area contributed by atoms with Crippen LogP contribution in [0.4, 0.5) is 0 Å². The first kappa shape index (κ1) is 19.9. The average Bonchev–Trinajstić information content (AvgIpc) is 2.72. The molecular weight excluding hydrogens is 360 g/mol. The average molecular weight is 382 g/mol. The Bertz CT molecular complexity index is 860. The molecule has 1 aromatic carbocycles. The number of hydrogen-bond acceptors (Lipinski definition) is 5. The lowest BCUT2D eigenvalue weighted by atomic mass is 10.0. The number of rotatable bonds is 6. The number of benzene rings is 1. The van der Waals surface area contributed by atoms with E-state index in [2.05, 4.69) is 5.32 Å². The fourth-order valence-corrected chi connectivity index (χ4v) is 4.63. The van der Waals surface area contributed by atoms with E-state index in [1.54, 1.807) is 13.8 Å². The van der Waals surface area contributed by atoms with Crippen LogP contribution in [0.3, 0.4) is 0 Å². The number of carbonyl (C=O) groups excluding carboxylic acids is 2. The highest BCUT2D eigenvalue weighted by atomic mass is 32.2. The molecule has 142 valence electrons. The van der Waals surface area contributed by atoms with Crippen LogP contribution < -0.4 is 5.32 Å². The van der Waals surface area contributed by atoms with Crippen molar-refractivity contribution in [1.82, 2.24) is 9.62 Å². The monoisotopic (exact) mass is 382 g/mol.